The quantitative estimate of drug-likeness (QED) is 0.337. The molecule has 1 N–H and O–H groups in total. The number of hydrogen-bond acceptors (Lipinski definition) is 8. The third-order valence-corrected chi connectivity index (χ3v) is 5.15. The Balaban J connectivity index is 4.15. The van der Waals surface area contributed by atoms with Crippen LogP contribution in [0.2, 0.25) is 0 Å². The van der Waals surface area contributed by atoms with E-state index in [4.69, 9.17) is 9.26 Å². The molecule has 23 heavy (non-hydrogen) atoms. The molecule has 0 spiro atoms. The molecule has 0 heterocycles. The summed E-state index contributed by atoms with van der Waals surface area (Å²) < 4.78 is 30.6. The highest BCUT2D eigenvalue weighted by atomic mass is 32.2. The number of alkyl carbamates (subject to hydrolysis) is 1. The maximum Gasteiger partial charge on any atom is 0.474 e. The summed E-state index contributed by atoms with van der Waals surface area (Å²) in [6.45, 7) is 7.09. The van der Waals surface area contributed by atoms with Crippen LogP contribution in [0.1, 0.15) is 13.8 Å². The molecule has 0 atom stereocenters. The molecule has 10 heteroatoms. The van der Waals surface area contributed by atoms with Gasteiger partial charge in [0.2, 0.25) is 0 Å². The van der Waals surface area contributed by atoms with Gasteiger partial charge in [-0.15, -0.1) is 0 Å². The lowest BCUT2D eigenvalue weighted by atomic mass is 9.96. The first-order chi connectivity index (χ1) is 10.7. The van der Waals surface area contributed by atoms with E-state index in [1.54, 1.807) is 13.8 Å². The summed E-state index contributed by atoms with van der Waals surface area (Å²) in [4.78, 5) is 23.5. The minimum atomic E-state index is -3.52. The molecule has 0 saturated heterocycles. The van der Waals surface area contributed by atoms with Gasteiger partial charge in [-0.3, -0.25) is 18.4 Å². The van der Waals surface area contributed by atoms with E-state index in [0.29, 0.717) is 0 Å². The van der Waals surface area contributed by atoms with Gasteiger partial charge in [-0.1, -0.05) is 38.3 Å². The fraction of sp³-hybridized carbons (Fsp3) is 0.692. The maximum atomic E-state index is 12.1. The molecule has 134 valence electrons. The van der Waals surface area contributed by atoms with Gasteiger partial charge in [-0.05, 0) is 0 Å². The van der Waals surface area contributed by atoms with Crippen LogP contribution in [0.15, 0.2) is 12.7 Å². The topological polar surface area (TPSA) is 100 Å². The number of phosphoric ester groups is 1. The number of carbonyl (C=O) groups is 2. The molecule has 0 unspecified atom stereocenters. The van der Waals surface area contributed by atoms with Crippen LogP contribution in [0, 0.1) is 5.41 Å². The van der Waals surface area contributed by atoms with Gasteiger partial charge < -0.3 is 10.1 Å². The largest absolute Gasteiger partial charge is 0.474 e. The molecule has 0 aliphatic heterocycles. The molecule has 0 aromatic rings. The fourth-order valence-corrected chi connectivity index (χ4v) is 2.82. The van der Waals surface area contributed by atoms with E-state index >= 15 is 0 Å². The number of amides is 1. The second-order valence-electron chi connectivity index (χ2n) is 4.91. The summed E-state index contributed by atoms with van der Waals surface area (Å²) in [5, 5.41) is 2.37. The molecule has 0 bridgehead atoms. The molecule has 0 radical (unpaired) electrons. The van der Waals surface area contributed by atoms with E-state index in [-0.39, 0.29) is 30.6 Å². The van der Waals surface area contributed by atoms with Gasteiger partial charge in [0, 0.05) is 26.5 Å². The normalized spacial score (nSPS) is 11.8. The van der Waals surface area contributed by atoms with Gasteiger partial charge in [-0.25, -0.2) is 9.36 Å². The van der Waals surface area contributed by atoms with E-state index in [0.717, 1.165) is 11.8 Å². The molecular weight excluding hydrogens is 345 g/mol. The Labute approximate surface area is 140 Å². The zero-order valence-corrected chi connectivity index (χ0v) is 15.5. The van der Waals surface area contributed by atoms with Crippen LogP contribution in [-0.2, 0) is 27.7 Å². The lowest BCUT2D eigenvalue weighted by Gasteiger charge is -2.22. The van der Waals surface area contributed by atoms with E-state index < -0.39 is 19.3 Å². The Morgan fingerprint density at radius 3 is 2.43 bits per heavy atom. The number of carbonyl (C=O) groups excluding carboxylic acids is 2. The minimum Gasteiger partial charge on any atom is -0.445 e. The molecule has 0 saturated carbocycles. The van der Waals surface area contributed by atoms with Crippen molar-refractivity contribution in [1.29, 1.82) is 0 Å². The van der Waals surface area contributed by atoms with Crippen LogP contribution in [0.25, 0.3) is 0 Å². The molecule has 0 aromatic heterocycles. The Kier molecular flexibility index (Phi) is 10.4. The summed E-state index contributed by atoms with van der Waals surface area (Å²) in [7, 11) is -1.10. The highest BCUT2D eigenvalue weighted by Crippen LogP contribution is 2.47. The van der Waals surface area contributed by atoms with Crippen LogP contribution in [-0.4, -0.2) is 50.9 Å². The lowest BCUT2D eigenvalue weighted by Crippen LogP contribution is -2.38. The zero-order valence-electron chi connectivity index (χ0n) is 13.8. The SMILES string of the molecule is C=CCOC(=O)NCC(C)(C)C(=O)SCCOP(=O)(OC)OC. The van der Waals surface area contributed by atoms with Gasteiger partial charge in [0.25, 0.3) is 0 Å². The predicted molar refractivity (Wildman–Crippen MR) is 88.4 cm³/mol. The van der Waals surface area contributed by atoms with Crippen molar-refractivity contribution in [3.05, 3.63) is 12.7 Å². The van der Waals surface area contributed by atoms with E-state index in [2.05, 4.69) is 20.9 Å². The molecule has 8 nitrogen and oxygen atoms in total. The number of thioether (sulfide) groups is 1. The molecule has 0 aromatic carbocycles. The Bertz CT molecular complexity index is 448. The average molecular weight is 369 g/mol. The van der Waals surface area contributed by atoms with Crippen molar-refractivity contribution in [2.24, 2.45) is 5.41 Å². The lowest BCUT2D eigenvalue weighted by molar-refractivity contribution is -0.117. The molecule has 0 aliphatic carbocycles. The standard InChI is InChI=1S/C13H24NO7PS/c1-6-7-20-12(16)14-10-13(2,3)11(15)23-9-8-21-22(17,18-4)19-5/h6H,1,7-10H2,2-5H3,(H,14,16). The number of hydrogen-bond donors (Lipinski definition) is 1. The molecule has 0 fully saturated rings. The fourth-order valence-electron chi connectivity index (χ4n) is 1.21. The smallest absolute Gasteiger partial charge is 0.445 e. The van der Waals surface area contributed by atoms with Crippen molar-refractivity contribution in [2.75, 3.05) is 39.7 Å². The first-order valence-corrected chi connectivity index (χ1v) is 9.20. The van der Waals surface area contributed by atoms with E-state index in [1.165, 1.54) is 20.3 Å². The van der Waals surface area contributed by atoms with Gasteiger partial charge in [0.1, 0.15) is 6.61 Å². The summed E-state index contributed by atoms with van der Waals surface area (Å²) in [6.07, 6.45) is 0.838. The van der Waals surface area contributed by atoms with E-state index in [1.807, 2.05) is 0 Å². The highest BCUT2D eigenvalue weighted by molar-refractivity contribution is 8.13. The van der Waals surface area contributed by atoms with Crippen LogP contribution in [0.4, 0.5) is 4.79 Å². The number of ether oxygens (including phenoxy) is 1. The third kappa shape index (κ3) is 9.12. The number of rotatable bonds is 11. The predicted octanol–water partition coefficient (Wildman–Crippen LogP) is 2.60. The summed E-state index contributed by atoms with van der Waals surface area (Å²) in [5.74, 6) is 0.278. The third-order valence-electron chi connectivity index (χ3n) is 2.57. The maximum absolute atomic E-state index is 12.1. The summed E-state index contributed by atoms with van der Waals surface area (Å²) in [5.41, 5.74) is -0.788. The molecular formula is C13H24NO7PS. The van der Waals surface area contributed by atoms with Crippen LogP contribution in [0.5, 0.6) is 0 Å². The Morgan fingerprint density at radius 2 is 1.91 bits per heavy atom. The van der Waals surface area contributed by atoms with Crippen molar-refractivity contribution in [3.8, 4) is 0 Å². The minimum absolute atomic E-state index is 0.0280. The second-order valence-corrected chi connectivity index (χ2v) is 7.86. The van der Waals surface area contributed by atoms with Gasteiger partial charge in [-0.2, -0.15) is 0 Å². The number of nitrogens with one attached hydrogen (secondary N) is 1. The van der Waals surface area contributed by atoms with Crippen molar-refractivity contribution >= 4 is 30.8 Å². The van der Waals surface area contributed by atoms with E-state index in [9.17, 15) is 14.2 Å². The summed E-state index contributed by atoms with van der Waals surface area (Å²) >= 11 is 1.01. The number of phosphoric acid groups is 1. The van der Waals surface area contributed by atoms with Crippen LogP contribution >= 0.6 is 19.6 Å². The first-order valence-electron chi connectivity index (χ1n) is 6.75. The molecule has 1 amide bonds. The second kappa shape index (κ2) is 10.8. The highest BCUT2D eigenvalue weighted by Gasteiger charge is 2.29. The average Bonchev–Trinajstić information content (AvgIpc) is 2.54. The summed E-state index contributed by atoms with van der Waals surface area (Å²) in [6, 6.07) is 0. The van der Waals surface area contributed by atoms with Crippen molar-refractivity contribution in [2.45, 2.75) is 13.8 Å². The van der Waals surface area contributed by atoms with Crippen molar-refractivity contribution < 1.29 is 32.5 Å². The van der Waals surface area contributed by atoms with Crippen LogP contribution in [0.3, 0.4) is 0 Å². The molecule has 0 aliphatic rings. The van der Waals surface area contributed by atoms with Crippen LogP contribution < -0.4 is 5.32 Å². The van der Waals surface area contributed by atoms with Gasteiger partial charge in [0.15, 0.2) is 5.12 Å². The monoisotopic (exact) mass is 369 g/mol. The Morgan fingerprint density at radius 1 is 1.30 bits per heavy atom. The Hall–Kier alpha value is -0.860. The van der Waals surface area contributed by atoms with Gasteiger partial charge in [0.05, 0.1) is 12.0 Å². The molecule has 0 rings (SSSR count). The zero-order chi connectivity index (χ0) is 17.9. The first kappa shape index (κ1) is 22.1. The van der Waals surface area contributed by atoms with Crippen molar-refractivity contribution in [1.82, 2.24) is 5.32 Å². The van der Waals surface area contributed by atoms with Crippen molar-refractivity contribution in [3.63, 3.8) is 0 Å². The van der Waals surface area contributed by atoms with Gasteiger partial charge >= 0.3 is 13.9 Å².